The van der Waals surface area contributed by atoms with Gasteiger partial charge in [0.05, 0.1) is 5.56 Å². The van der Waals surface area contributed by atoms with Gasteiger partial charge < -0.3 is 5.11 Å². The summed E-state index contributed by atoms with van der Waals surface area (Å²) in [6, 6.07) is 13.6. The first kappa shape index (κ1) is 10.4. The Morgan fingerprint density at radius 2 is 1.82 bits per heavy atom. The lowest BCUT2D eigenvalue weighted by Crippen LogP contribution is -2.02. The molecular weight excluding hydrogens is 232 g/mol. The molecule has 1 heterocycles. The van der Waals surface area contributed by atoms with E-state index >= 15 is 0 Å². The molecule has 0 amide bonds. The largest absolute Gasteiger partial charge is 0.478 e. The van der Waals surface area contributed by atoms with Crippen molar-refractivity contribution < 1.29 is 9.90 Å². The maximum atomic E-state index is 10.9. The van der Waals surface area contributed by atoms with Crippen molar-refractivity contribution in [3.8, 4) is 0 Å². The first-order chi connectivity index (χ1) is 8.24. The normalized spacial score (nSPS) is 12.7. The predicted octanol–water partition coefficient (Wildman–Crippen LogP) is 3.44. The Bertz CT molecular complexity index is 605. The molecule has 1 aliphatic heterocycles. The molecule has 0 atom stereocenters. The number of hydrogen-bond acceptors (Lipinski definition) is 2. The van der Waals surface area contributed by atoms with E-state index < -0.39 is 5.97 Å². The van der Waals surface area contributed by atoms with Crippen molar-refractivity contribution in [3.63, 3.8) is 0 Å². The van der Waals surface area contributed by atoms with E-state index in [1.165, 1.54) is 16.0 Å². The molecule has 0 saturated heterocycles. The van der Waals surface area contributed by atoms with Crippen molar-refractivity contribution in [2.75, 3.05) is 0 Å². The Morgan fingerprint density at radius 1 is 1.06 bits per heavy atom. The summed E-state index contributed by atoms with van der Waals surface area (Å²) in [4.78, 5) is 13.2. The van der Waals surface area contributed by atoms with Gasteiger partial charge in [-0.15, -0.1) is 0 Å². The molecule has 0 aromatic heterocycles. The third-order valence-corrected chi connectivity index (χ3v) is 4.11. The molecule has 84 valence electrons. The Morgan fingerprint density at radius 3 is 2.65 bits per heavy atom. The fourth-order valence-corrected chi connectivity index (χ4v) is 3.11. The Labute approximate surface area is 103 Å². The highest BCUT2D eigenvalue weighted by Crippen LogP contribution is 2.39. The molecule has 17 heavy (non-hydrogen) atoms. The van der Waals surface area contributed by atoms with Gasteiger partial charge in [0.1, 0.15) is 0 Å². The molecule has 2 aromatic rings. The van der Waals surface area contributed by atoms with Crippen LogP contribution in [0.1, 0.15) is 21.5 Å². The van der Waals surface area contributed by atoms with Gasteiger partial charge in [-0.3, -0.25) is 0 Å². The molecular formula is C14H10O2S. The summed E-state index contributed by atoms with van der Waals surface area (Å²) in [6.07, 6.45) is 0.887. The van der Waals surface area contributed by atoms with Gasteiger partial charge in [0.2, 0.25) is 0 Å². The van der Waals surface area contributed by atoms with E-state index in [-0.39, 0.29) is 0 Å². The van der Waals surface area contributed by atoms with Gasteiger partial charge >= 0.3 is 5.97 Å². The summed E-state index contributed by atoms with van der Waals surface area (Å²) in [5, 5.41) is 8.97. The number of hydrogen-bond donors (Lipinski definition) is 1. The van der Waals surface area contributed by atoms with E-state index in [0.29, 0.717) is 5.56 Å². The molecule has 2 aromatic carbocycles. The highest BCUT2D eigenvalue weighted by atomic mass is 32.2. The van der Waals surface area contributed by atoms with Gasteiger partial charge in [0, 0.05) is 9.79 Å². The van der Waals surface area contributed by atoms with Crippen molar-refractivity contribution in [1.82, 2.24) is 0 Å². The van der Waals surface area contributed by atoms with Gasteiger partial charge in [-0.25, -0.2) is 4.79 Å². The highest BCUT2D eigenvalue weighted by Gasteiger charge is 2.16. The molecule has 0 aliphatic carbocycles. The van der Waals surface area contributed by atoms with Crippen LogP contribution in [0.2, 0.25) is 0 Å². The summed E-state index contributed by atoms with van der Waals surface area (Å²) in [5.41, 5.74) is 2.88. The average Bonchev–Trinajstić information content (AvgIpc) is 2.35. The summed E-state index contributed by atoms with van der Waals surface area (Å²) in [6.45, 7) is 0. The van der Waals surface area contributed by atoms with Crippen LogP contribution >= 0.6 is 11.8 Å². The number of aromatic carboxylic acids is 1. The van der Waals surface area contributed by atoms with E-state index in [2.05, 4.69) is 12.1 Å². The number of carboxylic acids is 1. The molecule has 0 radical (unpaired) electrons. The van der Waals surface area contributed by atoms with Crippen molar-refractivity contribution >= 4 is 17.7 Å². The summed E-state index contributed by atoms with van der Waals surface area (Å²) < 4.78 is 0. The number of rotatable bonds is 1. The van der Waals surface area contributed by atoms with Crippen LogP contribution in [-0.2, 0) is 6.42 Å². The summed E-state index contributed by atoms with van der Waals surface area (Å²) >= 11 is 1.65. The van der Waals surface area contributed by atoms with E-state index in [1.807, 2.05) is 18.2 Å². The van der Waals surface area contributed by atoms with Crippen LogP contribution in [0.25, 0.3) is 0 Å². The number of carboxylic acid groups (broad SMARTS) is 1. The molecule has 0 spiro atoms. The van der Waals surface area contributed by atoms with E-state index in [4.69, 9.17) is 5.11 Å². The zero-order valence-electron chi connectivity index (χ0n) is 9.01. The fourth-order valence-electron chi connectivity index (χ4n) is 2.00. The first-order valence-electron chi connectivity index (χ1n) is 5.36. The zero-order valence-corrected chi connectivity index (χ0v) is 9.83. The lowest BCUT2D eigenvalue weighted by atomic mass is 10.0. The standard InChI is InChI=1S/C14H10O2S/c15-14(16)11-6-5-10-7-9-3-1-2-4-12(9)17-13(10)8-11/h1-6,8H,7H2,(H,15,16). The smallest absolute Gasteiger partial charge is 0.335 e. The minimum Gasteiger partial charge on any atom is -0.478 e. The molecule has 1 N–H and O–H groups in total. The fraction of sp³-hybridized carbons (Fsp3) is 0.0714. The Hall–Kier alpha value is -1.74. The second kappa shape index (κ2) is 3.93. The minimum absolute atomic E-state index is 0.357. The number of benzene rings is 2. The Balaban J connectivity index is 2.06. The van der Waals surface area contributed by atoms with Gasteiger partial charge in [0.15, 0.2) is 0 Å². The Kier molecular flexibility index (Phi) is 2.41. The van der Waals surface area contributed by atoms with Gasteiger partial charge in [-0.1, -0.05) is 36.0 Å². The lowest BCUT2D eigenvalue weighted by Gasteiger charge is -2.18. The molecule has 3 rings (SSSR count). The molecule has 2 nitrogen and oxygen atoms in total. The average molecular weight is 242 g/mol. The minimum atomic E-state index is -0.868. The van der Waals surface area contributed by atoms with Crippen LogP contribution in [0.15, 0.2) is 52.3 Å². The second-order valence-electron chi connectivity index (χ2n) is 4.01. The number of carbonyl (C=O) groups is 1. The molecule has 1 aliphatic rings. The van der Waals surface area contributed by atoms with Gasteiger partial charge in [-0.2, -0.15) is 0 Å². The van der Waals surface area contributed by atoms with Crippen LogP contribution in [0.3, 0.4) is 0 Å². The van der Waals surface area contributed by atoms with Crippen LogP contribution in [0, 0.1) is 0 Å². The third-order valence-electron chi connectivity index (χ3n) is 2.89. The third kappa shape index (κ3) is 1.83. The lowest BCUT2D eigenvalue weighted by molar-refractivity contribution is 0.0696. The maximum absolute atomic E-state index is 10.9. The molecule has 0 bridgehead atoms. The second-order valence-corrected chi connectivity index (χ2v) is 5.10. The van der Waals surface area contributed by atoms with Crippen LogP contribution in [-0.4, -0.2) is 11.1 Å². The van der Waals surface area contributed by atoms with Crippen LogP contribution in [0.4, 0.5) is 0 Å². The molecule has 0 saturated carbocycles. The van der Waals surface area contributed by atoms with Crippen molar-refractivity contribution in [1.29, 1.82) is 0 Å². The van der Waals surface area contributed by atoms with Crippen LogP contribution < -0.4 is 0 Å². The predicted molar refractivity (Wildman–Crippen MR) is 66.8 cm³/mol. The molecule has 3 heteroatoms. The highest BCUT2D eigenvalue weighted by molar-refractivity contribution is 7.99. The molecule has 0 fully saturated rings. The van der Waals surface area contributed by atoms with Crippen molar-refractivity contribution in [2.24, 2.45) is 0 Å². The van der Waals surface area contributed by atoms with Crippen molar-refractivity contribution in [2.45, 2.75) is 16.2 Å². The summed E-state index contributed by atoms with van der Waals surface area (Å²) in [7, 11) is 0. The first-order valence-corrected chi connectivity index (χ1v) is 6.17. The molecule has 0 unspecified atom stereocenters. The van der Waals surface area contributed by atoms with E-state index in [1.54, 1.807) is 23.9 Å². The van der Waals surface area contributed by atoms with Crippen LogP contribution in [0.5, 0.6) is 0 Å². The van der Waals surface area contributed by atoms with Gasteiger partial charge in [0.25, 0.3) is 0 Å². The van der Waals surface area contributed by atoms with E-state index in [0.717, 1.165) is 11.3 Å². The SMILES string of the molecule is O=C(O)c1ccc2c(c1)Sc1ccccc1C2. The zero-order chi connectivity index (χ0) is 11.8. The maximum Gasteiger partial charge on any atom is 0.335 e. The van der Waals surface area contributed by atoms with Crippen molar-refractivity contribution in [3.05, 3.63) is 59.2 Å². The monoisotopic (exact) mass is 242 g/mol. The quantitative estimate of drug-likeness (QED) is 0.710. The van der Waals surface area contributed by atoms with Gasteiger partial charge in [-0.05, 0) is 35.7 Å². The van der Waals surface area contributed by atoms with E-state index in [9.17, 15) is 4.79 Å². The summed E-state index contributed by atoms with van der Waals surface area (Å²) in [5.74, 6) is -0.868. The number of fused-ring (bicyclic) bond motifs is 2. The topological polar surface area (TPSA) is 37.3 Å².